The summed E-state index contributed by atoms with van der Waals surface area (Å²) in [4.78, 5) is 14.8. The van der Waals surface area contributed by atoms with Gasteiger partial charge in [0.2, 0.25) is 5.91 Å². The predicted octanol–water partition coefficient (Wildman–Crippen LogP) is 8.85. The minimum atomic E-state index is -0.257. The summed E-state index contributed by atoms with van der Waals surface area (Å²) < 4.78 is 13.4. The topological polar surface area (TPSA) is 29.1 Å². The van der Waals surface area contributed by atoms with Gasteiger partial charge in [-0.3, -0.25) is 4.79 Å². The lowest BCUT2D eigenvalue weighted by molar-refractivity contribution is -0.115. The Hall–Kier alpha value is -2.73. The Kier molecular flexibility index (Phi) is 9.51. The molecule has 4 aromatic carbocycles. The SMILES string of the molecule is CCSc1ccc(CC(=O)Nc2ccc(C(Cc3ccccc3)Sc3ccc(F)cc3)c(Cl)c2)cc1. The molecular formula is C30H27ClFNOS2. The summed E-state index contributed by atoms with van der Waals surface area (Å²) in [5, 5.41) is 3.58. The normalized spacial score (nSPS) is 11.8. The van der Waals surface area contributed by atoms with Gasteiger partial charge in [-0.2, -0.15) is 0 Å². The molecule has 4 rings (SSSR count). The standard InChI is InChI=1S/C30H27ClFNOS2/c1-2-35-25-13-8-22(9-14-25)19-30(34)33-24-12-17-27(28(31)20-24)29(18-21-6-4-3-5-7-21)36-26-15-10-23(32)11-16-26/h3-17,20,29H,2,18-19H2,1H3,(H,33,34). The van der Waals surface area contributed by atoms with E-state index in [0.717, 1.165) is 28.2 Å². The highest BCUT2D eigenvalue weighted by Gasteiger charge is 2.18. The van der Waals surface area contributed by atoms with Crippen molar-refractivity contribution in [2.24, 2.45) is 0 Å². The average molecular weight is 536 g/mol. The molecule has 0 bridgehead atoms. The first kappa shape index (κ1) is 26.3. The Labute approximate surface area is 225 Å². The number of anilines is 1. The van der Waals surface area contributed by atoms with Crippen LogP contribution in [0.15, 0.2) is 107 Å². The van der Waals surface area contributed by atoms with Crippen molar-refractivity contribution in [3.63, 3.8) is 0 Å². The number of thioether (sulfide) groups is 2. The van der Waals surface area contributed by atoms with Crippen LogP contribution in [-0.4, -0.2) is 11.7 Å². The summed E-state index contributed by atoms with van der Waals surface area (Å²) in [6.07, 6.45) is 1.06. The van der Waals surface area contributed by atoms with Crippen LogP contribution < -0.4 is 5.32 Å². The fourth-order valence-corrected chi connectivity index (χ4v) is 6.12. The van der Waals surface area contributed by atoms with Crippen molar-refractivity contribution in [2.45, 2.75) is 34.8 Å². The number of halogens is 2. The average Bonchev–Trinajstić information content (AvgIpc) is 2.87. The lowest BCUT2D eigenvalue weighted by Gasteiger charge is -2.20. The Morgan fingerprint density at radius 3 is 2.25 bits per heavy atom. The second kappa shape index (κ2) is 13.0. The van der Waals surface area contributed by atoms with Gasteiger partial charge in [-0.15, -0.1) is 23.5 Å². The molecule has 36 heavy (non-hydrogen) atoms. The molecule has 1 amide bonds. The van der Waals surface area contributed by atoms with Crippen molar-refractivity contribution in [1.82, 2.24) is 0 Å². The molecule has 1 atom stereocenters. The Balaban J connectivity index is 1.48. The largest absolute Gasteiger partial charge is 0.326 e. The van der Waals surface area contributed by atoms with E-state index in [1.165, 1.54) is 22.6 Å². The Morgan fingerprint density at radius 2 is 1.58 bits per heavy atom. The summed E-state index contributed by atoms with van der Waals surface area (Å²) in [7, 11) is 0. The molecule has 0 aliphatic carbocycles. The van der Waals surface area contributed by atoms with E-state index >= 15 is 0 Å². The highest BCUT2D eigenvalue weighted by molar-refractivity contribution is 7.99. The quantitative estimate of drug-likeness (QED) is 0.206. The van der Waals surface area contributed by atoms with Gasteiger partial charge in [-0.1, -0.05) is 67.1 Å². The summed E-state index contributed by atoms with van der Waals surface area (Å²) in [5.41, 5.74) is 3.79. The van der Waals surface area contributed by atoms with E-state index in [2.05, 4.69) is 24.4 Å². The van der Waals surface area contributed by atoms with Crippen LogP contribution in [0, 0.1) is 5.82 Å². The third-order valence-corrected chi connectivity index (χ3v) is 8.06. The molecule has 2 nitrogen and oxygen atoms in total. The van der Waals surface area contributed by atoms with Crippen LogP contribution >= 0.6 is 35.1 Å². The lowest BCUT2D eigenvalue weighted by Crippen LogP contribution is -2.14. The van der Waals surface area contributed by atoms with Crippen LogP contribution in [0.3, 0.4) is 0 Å². The van der Waals surface area contributed by atoms with Crippen LogP contribution in [0.5, 0.6) is 0 Å². The molecule has 0 fully saturated rings. The number of hydrogen-bond acceptors (Lipinski definition) is 3. The Bertz CT molecular complexity index is 1280. The molecule has 0 saturated carbocycles. The predicted molar refractivity (Wildman–Crippen MR) is 152 cm³/mol. The first-order valence-electron chi connectivity index (χ1n) is 11.8. The first-order valence-corrected chi connectivity index (χ1v) is 14.0. The second-order valence-corrected chi connectivity index (χ2v) is 11.3. The van der Waals surface area contributed by atoms with Gasteiger partial charge >= 0.3 is 0 Å². The molecule has 0 aliphatic rings. The number of benzene rings is 4. The van der Waals surface area contributed by atoms with Crippen molar-refractivity contribution in [1.29, 1.82) is 0 Å². The highest BCUT2D eigenvalue weighted by atomic mass is 35.5. The van der Waals surface area contributed by atoms with Gasteiger partial charge in [0, 0.05) is 25.8 Å². The van der Waals surface area contributed by atoms with Gasteiger partial charge in [0.05, 0.1) is 6.42 Å². The maximum Gasteiger partial charge on any atom is 0.228 e. The van der Waals surface area contributed by atoms with Crippen molar-refractivity contribution in [2.75, 3.05) is 11.1 Å². The van der Waals surface area contributed by atoms with Gasteiger partial charge in [-0.25, -0.2) is 4.39 Å². The zero-order valence-corrected chi connectivity index (χ0v) is 22.3. The number of nitrogens with one attached hydrogen (secondary N) is 1. The minimum Gasteiger partial charge on any atom is -0.326 e. The first-order chi connectivity index (χ1) is 17.5. The van der Waals surface area contributed by atoms with Crippen molar-refractivity contribution in [3.05, 3.63) is 125 Å². The number of rotatable bonds is 10. The van der Waals surface area contributed by atoms with Gasteiger partial charge in [0.15, 0.2) is 0 Å². The molecule has 4 aromatic rings. The van der Waals surface area contributed by atoms with Gasteiger partial charge in [-0.05, 0) is 77.4 Å². The highest BCUT2D eigenvalue weighted by Crippen LogP contribution is 2.41. The number of amides is 1. The summed E-state index contributed by atoms with van der Waals surface area (Å²) in [5.74, 6) is 0.676. The van der Waals surface area contributed by atoms with E-state index in [0.29, 0.717) is 17.1 Å². The van der Waals surface area contributed by atoms with E-state index in [4.69, 9.17) is 11.6 Å². The molecule has 1 unspecified atom stereocenters. The third-order valence-electron chi connectivity index (χ3n) is 5.59. The van der Waals surface area contributed by atoms with Crippen LogP contribution in [0.25, 0.3) is 0 Å². The molecular weight excluding hydrogens is 509 g/mol. The van der Waals surface area contributed by atoms with E-state index in [-0.39, 0.29) is 17.0 Å². The minimum absolute atomic E-state index is 0.0228. The molecule has 0 aliphatic heterocycles. The lowest BCUT2D eigenvalue weighted by atomic mass is 10.0. The van der Waals surface area contributed by atoms with Gasteiger partial charge in [0.1, 0.15) is 5.82 Å². The fraction of sp³-hybridized carbons (Fsp3) is 0.167. The number of carbonyl (C=O) groups is 1. The second-order valence-electron chi connectivity index (χ2n) is 8.29. The smallest absolute Gasteiger partial charge is 0.228 e. The molecule has 1 N–H and O–H groups in total. The third kappa shape index (κ3) is 7.63. The summed E-state index contributed by atoms with van der Waals surface area (Å²) in [6.45, 7) is 2.12. The van der Waals surface area contributed by atoms with Crippen molar-refractivity contribution in [3.8, 4) is 0 Å². The van der Waals surface area contributed by atoms with E-state index in [1.54, 1.807) is 41.7 Å². The maximum atomic E-state index is 13.4. The van der Waals surface area contributed by atoms with Gasteiger partial charge < -0.3 is 5.32 Å². The van der Waals surface area contributed by atoms with Crippen molar-refractivity contribution >= 4 is 46.7 Å². The molecule has 0 aromatic heterocycles. The van der Waals surface area contributed by atoms with E-state index < -0.39 is 0 Å². The number of hydrogen-bond donors (Lipinski definition) is 1. The van der Waals surface area contributed by atoms with Crippen molar-refractivity contribution < 1.29 is 9.18 Å². The zero-order chi connectivity index (χ0) is 25.3. The Morgan fingerprint density at radius 1 is 0.889 bits per heavy atom. The molecule has 0 radical (unpaired) electrons. The van der Waals surface area contributed by atoms with E-state index in [9.17, 15) is 9.18 Å². The zero-order valence-electron chi connectivity index (χ0n) is 19.9. The molecule has 0 heterocycles. The number of carbonyl (C=O) groups excluding carboxylic acids is 1. The van der Waals surface area contributed by atoms with Crippen LogP contribution in [-0.2, 0) is 17.6 Å². The maximum absolute atomic E-state index is 13.4. The molecule has 0 spiro atoms. The van der Waals surface area contributed by atoms with Crippen LogP contribution in [0.4, 0.5) is 10.1 Å². The summed E-state index contributed by atoms with van der Waals surface area (Å²) >= 11 is 10.2. The fourth-order valence-electron chi connectivity index (χ4n) is 3.85. The molecule has 184 valence electrons. The monoisotopic (exact) mass is 535 g/mol. The van der Waals surface area contributed by atoms with Crippen LogP contribution in [0.2, 0.25) is 5.02 Å². The van der Waals surface area contributed by atoms with Gasteiger partial charge in [0.25, 0.3) is 0 Å². The molecule has 0 saturated heterocycles. The van der Waals surface area contributed by atoms with E-state index in [1.807, 2.05) is 54.6 Å². The summed E-state index contributed by atoms with van der Waals surface area (Å²) in [6, 6.07) is 30.5. The van der Waals surface area contributed by atoms with Crippen LogP contribution in [0.1, 0.15) is 28.9 Å². The molecule has 6 heteroatoms.